The summed E-state index contributed by atoms with van der Waals surface area (Å²) < 4.78 is 38.5. The molecule has 0 unspecified atom stereocenters. The third-order valence-corrected chi connectivity index (χ3v) is 13.8. The van der Waals surface area contributed by atoms with Crippen molar-refractivity contribution in [2.24, 2.45) is 7.05 Å². The van der Waals surface area contributed by atoms with Crippen LogP contribution in [-0.4, -0.2) is 170 Å². The van der Waals surface area contributed by atoms with Crippen molar-refractivity contribution in [3.63, 3.8) is 0 Å². The zero-order valence-corrected chi connectivity index (χ0v) is 46.4. The Morgan fingerprint density at radius 3 is 2.38 bits per heavy atom. The first kappa shape index (κ1) is 57.8. The molecule has 1 atom stereocenters. The highest BCUT2D eigenvalue weighted by atomic mass is 16.6. The van der Waals surface area contributed by atoms with E-state index in [1.165, 1.54) is 12.5 Å². The Bertz CT molecular complexity index is 3040. The first-order valence-electron chi connectivity index (χ1n) is 27.2. The van der Waals surface area contributed by atoms with Crippen molar-refractivity contribution < 1.29 is 38.3 Å². The number of hydrogen-bond donors (Lipinski definition) is 4. The van der Waals surface area contributed by atoms with Crippen LogP contribution in [0.2, 0.25) is 0 Å². The van der Waals surface area contributed by atoms with Crippen LogP contribution in [0.1, 0.15) is 43.7 Å². The fourth-order valence-corrected chi connectivity index (χ4v) is 9.47. The van der Waals surface area contributed by atoms with Gasteiger partial charge in [0.1, 0.15) is 24.0 Å². The summed E-state index contributed by atoms with van der Waals surface area (Å²) in [7, 11) is 7.64. The van der Waals surface area contributed by atoms with Gasteiger partial charge in [-0.05, 0) is 69.0 Å². The number of amides is 1. The average molecular weight is 1080 g/mol. The van der Waals surface area contributed by atoms with Gasteiger partial charge >= 0.3 is 0 Å². The van der Waals surface area contributed by atoms with Crippen LogP contribution in [0, 0.1) is 0 Å². The van der Waals surface area contributed by atoms with Crippen LogP contribution in [0.15, 0.2) is 98.1 Å². The van der Waals surface area contributed by atoms with E-state index in [1.54, 1.807) is 13.3 Å². The van der Waals surface area contributed by atoms with Gasteiger partial charge in [0.05, 0.1) is 88.9 Å². The predicted octanol–water partition coefficient (Wildman–Crippen LogP) is 7.38. The first-order chi connectivity index (χ1) is 38.7. The van der Waals surface area contributed by atoms with Crippen LogP contribution in [0.4, 0.5) is 34.6 Å². The molecule has 6 heterocycles. The number of rotatable bonds is 33. The molecule has 7 aromatic rings. The summed E-state index contributed by atoms with van der Waals surface area (Å²) in [6.45, 7) is 13.6. The van der Waals surface area contributed by atoms with E-state index >= 15 is 0 Å². The molecule has 422 valence electrons. The van der Waals surface area contributed by atoms with Gasteiger partial charge in [-0.15, -0.1) is 0 Å². The molecule has 2 aromatic carbocycles. The fraction of sp³-hybridized carbons (Fsp3) is 0.448. The van der Waals surface area contributed by atoms with E-state index in [0.29, 0.717) is 102 Å². The normalized spacial score (nSPS) is 13.6. The maximum absolute atomic E-state index is 12.6. The number of piperidine rings is 1. The van der Waals surface area contributed by atoms with Gasteiger partial charge in [-0.25, -0.2) is 19.9 Å². The van der Waals surface area contributed by atoms with E-state index in [0.717, 1.165) is 102 Å². The van der Waals surface area contributed by atoms with Gasteiger partial charge in [0.25, 0.3) is 0 Å². The molecule has 21 heteroatoms. The Kier molecular flexibility index (Phi) is 21.6. The number of carbonyl (C=O) groups is 1. The molecule has 8 rings (SSSR count). The van der Waals surface area contributed by atoms with E-state index in [-0.39, 0.29) is 18.6 Å². The lowest BCUT2D eigenvalue weighted by Crippen LogP contribution is -2.40. The number of ether oxygens (including phenoxy) is 6. The third-order valence-electron chi connectivity index (χ3n) is 13.8. The summed E-state index contributed by atoms with van der Waals surface area (Å²) in [5.41, 5.74) is 7.77. The lowest BCUT2D eigenvalue weighted by Gasteiger charge is -2.36. The van der Waals surface area contributed by atoms with Crippen molar-refractivity contribution >= 4 is 57.1 Å². The van der Waals surface area contributed by atoms with Gasteiger partial charge in [0.15, 0.2) is 5.65 Å². The summed E-state index contributed by atoms with van der Waals surface area (Å²) in [5.74, 6) is 2.92. The number of hydrogen-bond acceptors (Lipinski definition) is 18. The SMILES string of the molecule is C=CC(=O)Nc1cc(Nc2nccc(-c3cn(C)c4ccccc34)n2)c(OC)cc1N(C)CCN(C)CCOCCOCCOCCOCCOc1ccc(CNc2cc(N3CCCC[C@H]3CCO)nc3c(CC)cnn23)cn1. The van der Waals surface area contributed by atoms with E-state index in [9.17, 15) is 9.90 Å². The molecule has 0 radical (unpaired) electrons. The topological polar surface area (TPSA) is 212 Å². The molecule has 79 heavy (non-hydrogen) atoms. The summed E-state index contributed by atoms with van der Waals surface area (Å²) in [5, 5.41) is 25.3. The largest absolute Gasteiger partial charge is 0.494 e. The summed E-state index contributed by atoms with van der Waals surface area (Å²) in [6.07, 6.45) is 13.6. The van der Waals surface area contributed by atoms with Crippen molar-refractivity contribution in [1.82, 2.24) is 39.0 Å². The molecule has 1 amide bonds. The molecule has 0 spiro atoms. The number of aryl methyl sites for hydroxylation is 2. The Labute approximate surface area is 462 Å². The number of nitrogens with one attached hydrogen (secondary N) is 3. The number of methoxy groups -OCH3 is 1. The third kappa shape index (κ3) is 15.9. The quantitative estimate of drug-likeness (QED) is 0.0233. The highest BCUT2D eigenvalue weighted by Gasteiger charge is 2.25. The molecule has 1 aliphatic rings. The van der Waals surface area contributed by atoms with Crippen LogP contribution in [0.3, 0.4) is 0 Å². The Morgan fingerprint density at radius 2 is 1.65 bits per heavy atom. The number of aliphatic hydroxyl groups is 1. The van der Waals surface area contributed by atoms with Gasteiger partial charge in [0.2, 0.25) is 17.7 Å². The van der Waals surface area contributed by atoms with Gasteiger partial charge in [-0.1, -0.05) is 37.8 Å². The van der Waals surface area contributed by atoms with Gasteiger partial charge < -0.3 is 68.7 Å². The fourth-order valence-electron chi connectivity index (χ4n) is 9.47. The van der Waals surface area contributed by atoms with Crippen LogP contribution in [0.25, 0.3) is 27.8 Å². The van der Waals surface area contributed by atoms with Crippen LogP contribution >= 0.6 is 0 Å². The average Bonchev–Trinajstić information content (AvgIpc) is 4.27. The van der Waals surface area contributed by atoms with Crippen molar-refractivity contribution in [2.45, 2.75) is 51.6 Å². The van der Waals surface area contributed by atoms with Gasteiger partial charge in [-0.3, -0.25) is 4.79 Å². The number of likely N-dealkylation sites (N-methyl/N-ethyl adjacent to an activating group) is 2. The smallest absolute Gasteiger partial charge is 0.247 e. The van der Waals surface area contributed by atoms with Crippen LogP contribution in [0.5, 0.6) is 11.6 Å². The standard InChI is InChI=1S/C58H77N13O8/c1-7-43-40-62-71-53(37-54(66-57(43)71)70-21-12-11-13-44(70)19-25-72)60-38-42-16-17-56(61-39-42)79-34-33-78-32-31-77-30-29-76-28-27-75-26-24-67(3)22-23-68(4)51-36-52(74-6)49(35-48(51)63-55(73)8-2)65-58-59-20-18-47(64-58)46-41-69(5)50-15-10-9-14-45(46)50/h8-10,14-18,20,35-37,39-41,44,60,72H,2,7,11-13,19,21-34,38H2,1,3-6H3,(H,63,73)(H,59,64,65)/t44-/m0/s1. The number of para-hydroxylation sites is 1. The second-order valence-corrected chi connectivity index (χ2v) is 19.3. The van der Waals surface area contributed by atoms with E-state index < -0.39 is 0 Å². The molecule has 21 nitrogen and oxygen atoms in total. The molecular formula is C58H77N13O8. The number of aromatic nitrogens is 7. The number of pyridine rings is 1. The van der Waals surface area contributed by atoms with Gasteiger partial charge in [-0.2, -0.15) is 9.61 Å². The highest BCUT2D eigenvalue weighted by Crippen LogP contribution is 2.39. The maximum atomic E-state index is 12.6. The Hall–Kier alpha value is -7.40. The second kappa shape index (κ2) is 29.5. The minimum absolute atomic E-state index is 0.166. The Morgan fingerprint density at radius 1 is 0.873 bits per heavy atom. The van der Waals surface area contributed by atoms with Crippen molar-refractivity contribution in [2.75, 3.05) is 139 Å². The maximum Gasteiger partial charge on any atom is 0.247 e. The zero-order chi connectivity index (χ0) is 55.3. The first-order valence-corrected chi connectivity index (χ1v) is 27.2. The van der Waals surface area contributed by atoms with Crippen molar-refractivity contribution in [3.8, 4) is 22.9 Å². The monoisotopic (exact) mass is 1080 g/mol. The zero-order valence-electron chi connectivity index (χ0n) is 46.4. The molecule has 5 aromatic heterocycles. The molecule has 1 fully saturated rings. The number of anilines is 6. The predicted molar refractivity (Wildman–Crippen MR) is 309 cm³/mol. The molecule has 1 saturated heterocycles. The minimum atomic E-state index is -0.335. The Balaban J connectivity index is 0.669. The molecule has 0 saturated carbocycles. The summed E-state index contributed by atoms with van der Waals surface area (Å²) in [6, 6.07) is 20.0. The molecule has 1 aliphatic heterocycles. The summed E-state index contributed by atoms with van der Waals surface area (Å²) >= 11 is 0. The minimum Gasteiger partial charge on any atom is -0.494 e. The number of benzene rings is 2. The van der Waals surface area contributed by atoms with Crippen LogP contribution in [-0.2, 0) is 43.8 Å². The van der Waals surface area contributed by atoms with E-state index in [4.69, 9.17) is 38.4 Å². The lowest BCUT2D eigenvalue weighted by molar-refractivity contribution is -0.111. The number of fused-ring (bicyclic) bond motifs is 2. The van der Waals surface area contributed by atoms with Crippen molar-refractivity contribution in [1.29, 1.82) is 0 Å². The number of aliphatic hydroxyl groups excluding tert-OH is 1. The number of nitrogens with zero attached hydrogens (tertiary/aromatic N) is 10. The molecule has 0 bridgehead atoms. The second-order valence-electron chi connectivity index (χ2n) is 19.3. The highest BCUT2D eigenvalue weighted by molar-refractivity contribution is 6.02. The summed E-state index contributed by atoms with van der Waals surface area (Å²) in [4.78, 5) is 38.1. The van der Waals surface area contributed by atoms with Crippen LogP contribution < -0.4 is 35.2 Å². The molecular weight excluding hydrogens is 1010 g/mol. The molecule has 4 N–H and O–H groups in total. The number of carbonyl (C=O) groups excluding carboxylic acids is 1. The lowest BCUT2D eigenvalue weighted by atomic mass is 9.99. The molecule has 0 aliphatic carbocycles. The van der Waals surface area contributed by atoms with Gasteiger partial charge in [0, 0.05) is 118 Å². The van der Waals surface area contributed by atoms with E-state index in [1.807, 2.05) is 80.5 Å². The van der Waals surface area contributed by atoms with E-state index in [2.05, 4.69) is 88.2 Å². The van der Waals surface area contributed by atoms with Crippen molar-refractivity contribution in [3.05, 3.63) is 109 Å².